The zero-order chi connectivity index (χ0) is 16.9. The molecule has 0 fully saturated rings. The number of rotatable bonds is 3. The van der Waals surface area contributed by atoms with Crippen molar-refractivity contribution in [3.8, 4) is 0 Å². The standard InChI is InChI=1S/C18H18N2O4/c1-23-17(21)15-11-20(16-10-6-5-9-14(16)19-15)18(22)24-12-13-7-3-2-4-8-13/h2-10,15,19H,11-12H2,1H3. The lowest BCUT2D eigenvalue weighted by molar-refractivity contribution is -0.141. The van der Waals surface area contributed by atoms with Gasteiger partial charge in [0.25, 0.3) is 0 Å². The Morgan fingerprint density at radius 1 is 1.12 bits per heavy atom. The number of methoxy groups -OCH3 is 1. The molecule has 1 unspecified atom stereocenters. The molecule has 1 heterocycles. The minimum atomic E-state index is -0.630. The van der Waals surface area contributed by atoms with Crippen molar-refractivity contribution in [3.63, 3.8) is 0 Å². The summed E-state index contributed by atoms with van der Waals surface area (Å²) in [4.78, 5) is 25.8. The molecule has 0 aliphatic carbocycles. The molecule has 0 saturated heterocycles. The highest BCUT2D eigenvalue weighted by molar-refractivity contribution is 5.96. The van der Waals surface area contributed by atoms with Gasteiger partial charge in [-0.15, -0.1) is 0 Å². The molecule has 0 saturated carbocycles. The number of carbonyl (C=O) groups is 2. The summed E-state index contributed by atoms with van der Waals surface area (Å²) in [5.74, 6) is -0.426. The summed E-state index contributed by atoms with van der Waals surface area (Å²) in [6.07, 6.45) is -0.498. The van der Waals surface area contributed by atoms with Crippen LogP contribution in [-0.4, -0.2) is 31.8 Å². The zero-order valence-electron chi connectivity index (χ0n) is 13.3. The highest BCUT2D eigenvalue weighted by Crippen LogP contribution is 2.31. The number of hydrogen-bond donors (Lipinski definition) is 1. The van der Waals surface area contributed by atoms with Gasteiger partial charge >= 0.3 is 12.1 Å². The number of nitrogens with zero attached hydrogens (tertiary/aromatic N) is 1. The average Bonchev–Trinajstić information content (AvgIpc) is 2.65. The first-order valence-corrected chi connectivity index (χ1v) is 7.60. The molecule has 1 N–H and O–H groups in total. The van der Waals surface area contributed by atoms with Gasteiger partial charge in [0, 0.05) is 0 Å². The van der Waals surface area contributed by atoms with Gasteiger partial charge in [-0.2, -0.15) is 0 Å². The number of amides is 1. The van der Waals surface area contributed by atoms with Gasteiger partial charge in [-0.3, -0.25) is 4.90 Å². The highest BCUT2D eigenvalue weighted by Gasteiger charge is 2.33. The van der Waals surface area contributed by atoms with Gasteiger partial charge in [0.15, 0.2) is 0 Å². The third-order valence-electron chi connectivity index (χ3n) is 3.80. The number of benzene rings is 2. The minimum absolute atomic E-state index is 0.150. The number of para-hydroxylation sites is 2. The second-order valence-electron chi connectivity index (χ2n) is 5.39. The van der Waals surface area contributed by atoms with E-state index in [1.54, 1.807) is 6.07 Å². The van der Waals surface area contributed by atoms with Crippen LogP contribution in [0.25, 0.3) is 0 Å². The fourth-order valence-electron chi connectivity index (χ4n) is 2.59. The monoisotopic (exact) mass is 326 g/mol. The number of anilines is 2. The Labute approximate surface area is 140 Å². The summed E-state index contributed by atoms with van der Waals surface area (Å²) in [6.45, 7) is 0.325. The van der Waals surface area contributed by atoms with Crippen LogP contribution in [0.4, 0.5) is 16.2 Å². The lowest BCUT2D eigenvalue weighted by Gasteiger charge is -2.33. The second kappa shape index (κ2) is 7.04. The van der Waals surface area contributed by atoms with E-state index in [0.717, 1.165) is 5.56 Å². The van der Waals surface area contributed by atoms with E-state index < -0.39 is 18.1 Å². The average molecular weight is 326 g/mol. The smallest absolute Gasteiger partial charge is 0.414 e. The first kappa shape index (κ1) is 15.9. The Kier molecular flexibility index (Phi) is 4.65. The number of fused-ring (bicyclic) bond motifs is 1. The fraction of sp³-hybridized carbons (Fsp3) is 0.222. The van der Waals surface area contributed by atoms with E-state index in [2.05, 4.69) is 5.32 Å². The molecule has 1 aliphatic heterocycles. The topological polar surface area (TPSA) is 67.9 Å². The lowest BCUT2D eigenvalue weighted by atomic mass is 10.1. The Morgan fingerprint density at radius 2 is 1.83 bits per heavy atom. The third-order valence-corrected chi connectivity index (χ3v) is 3.80. The summed E-state index contributed by atoms with van der Waals surface area (Å²) >= 11 is 0. The van der Waals surface area contributed by atoms with Crippen molar-refractivity contribution < 1.29 is 19.1 Å². The van der Waals surface area contributed by atoms with E-state index in [9.17, 15) is 9.59 Å². The van der Waals surface area contributed by atoms with Gasteiger partial charge in [-0.1, -0.05) is 42.5 Å². The van der Waals surface area contributed by atoms with Gasteiger partial charge in [0.1, 0.15) is 12.6 Å². The maximum absolute atomic E-state index is 12.5. The largest absolute Gasteiger partial charge is 0.467 e. The van der Waals surface area contributed by atoms with Gasteiger partial charge in [-0.25, -0.2) is 9.59 Å². The van der Waals surface area contributed by atoms with Gasteiger partial charge in [-0.05, 0) is 17.7 Å². The molecule has 3 rings (SSSR count). The first-order chi connectivity index (χ1) is 11.7. The normalized spacial score (nSPS) is 15.9. The summed E-state index contributed by atoms with van der Waals surface area (Å²) in [5, 5.41) is 3.08. The highest BCUT2D eigenvalue weighted by atomic mass is 16.6. The molecule has 6 nitrogen and oxygen atoms in total. The predicted molar refractivity (Wildman–Crippen MR) is 89.8 cm³/mol. The van der Waals surface area contributed by atoms with E-state index in [1.807, 2.05) is 48.5 Å². The van der Waals surface area contributed by atoms with E-state index in [4.69, 9.17) is 9.47 Å². The molecule has 0 spiro atoms. The van der Waals surface area contributed by atoms with Crippen LogP contribution in [-0.2, 0) is 20.9 Å². The molecule has 2 aromatic rings. The number of esters is 1. The van der Waals surface area contributed by atoms with Crippen LogP contribution >= 0.6 is 0 Å². The predicted octanol–water partition coefficient (Wildman–Crippen LogP) is 2.80. The van der Waals surface area contributed by atoms with Crippen LogP contribution in [0.15, 0.2) is 54.6 Å². The third kappa shape index (κ3) is 3.32. The van der Waals surface area contributed by atoms with E-state index in [0.29, 0.717) is 11.4 Å². The van der Waals surface area contributed by atoms with Gasteiger partial charge < -0.3 is 14.8 Å². The molecule has 2 aromatic carbocycles. The molecule has 0 aromatic heterocycles. The Morgan fingerprint density at radius 3 is 2.58 bits per heavy atom. The summed E-state index contributed by atoms with van der Waals surface area (Å²) in [6, 6.07) is 16.1. The molecular weight excluding hydrogens is 308 g/mol. The van der Waals surface area contributed by atoms with Crippen molar-refractivity contribution in [3.05, 3.63) is 60.2 Å². The van der Waals surface area contributed by atoms with Crippen molar-refractivity contribution in [2.75, 3.05) is 23.9 Å². The molecule has 124 valence electrons. The number of nitrogens with one attached hydrogen (secondary N) is 1. The van der Waals surface area contributed by atoms with Crippen LogP contribution in [0.3, 0.4) is 0 Å². The quantitative estimate of drug-likeness (QED) is 0.879. The zero-order valence-corrected chi connectivity index (χ0v) is 13.3. The molecule has 1 amide bonds. The number of ether oxygens (including phenoxy) is 2. The summed E-state index contributed by atoms with van der Waals surface area (Å²) in [7, 11) is 1.32. The number of carbonyl (C=O) groups excluding carboxylic acids is 2. The van der Waals surface area contributed by atoms with Crippen LogP contribution in [0.2, 0.25) is 0 Å². The maximum atomic E-state index is 12.5. The Bertz CT molecular complexity index is 733. The Balaban J connectivity index is 1.77. The van der Waals surface area contributed by atoms with E-state index in [1.165, 1.54) is 12.0 Å². The van der Waals surface area contributed by atoms with E-state index in [-0.39, 0.29) is 13.2 Å². The molecule has 1 aliphatic rings. The van der Waals surface area contributed by atoms with Crippen molar-refractivity contribution >= 4 is 23.4 Å². The summed E-state index contributed by atoms with van der Waals surface area (Å²) in [5.41, 5.74) is 2.27. The van der Waals surface area contributed by atoms with Crippen molar-refractivity contribution in [2.24, 2.45) is 0 Å². The SMILES string of the molecule is COC(=O)C1CN(C(=O)OCc2ccccc2)c2ccccc2N1. The molecule has 24 heavy (non-hydrogen) atoms. The van der Waals surface area contributed by atoms with Crippen molar-refractivity contribution in [1.29, 1.82) is 0 Å². The second-order valence-corrected chi connectivity index (χ2v) is 5.39. The van der Waals surface area contributed by atoms with Crippen molar-refractivity contribution in [1.82, 2.24) is 0 Å². The van der Waals surface area contributed by atoms with Gasteiger partial charge in [0.05, 0.1) is 25.0 Å². The molecular formula is C18H18N2O4. The molecule has 0 bridgehead atoms. The van der Waals surface area contributed by atoms with E-state index >= 15 is 0 Å². The number of hydrogen-bond acceptors (Lipinski definition) is 5. The maximum Gasteiger partial charge on any atom is 0.414 e. The van der Waals surface area contributed by atoms with Crippen LogP contribution in [0, 0.1) is 0 Å². The van der Waals surface area contributed by atoms with Crippen LogP contribution < -0.4 is 10.2 Å². The molecule has 6 heteroatoms. The Hall–Kier alpha value is -3.02. The molecule has 0 radical (unpaired) electrons. The molecule has 1 atom stereocenters. The van der Waals surface area contributed by atoms with Crippen LogP contribution in [0.5, 0.6) is 0 Å². The summed E-state index contributed by atoms with van der Waals surface area (Å²) < 4.78 is 10.2. The minimum Gasteiger partial charge on any atom is -0.467 e. The van der Waals surface area contributed by atoms with Crippen molar-refractivity contribution in [2.45, 2.75) is 12.6 Å². The van der Waals surface area contributed by atoms with Gasteiger partial charge in [0.2, 0.25) is 0 Å². The fourth-order valence-corrected chi connectivity index (χ4v) is 2.59. The first-order valence-electron chi connectivity index (χ1n) is 7.60. The lowest BCUT2D eigenvalue weighted by Crippen LogP contribution is -2.48. The van der Waals surface area contributed by atoms with Crippen LogP contribution in [0.1, 0.15) is 5.56 Å².